The van der Waals surface area contributed by atoms with Crippen LogP contribution in [-0.4, -0.2) is 19.1 Å². The van der Waals surface area contributed by atoms with Crippen molar-refractivity contribution in [1.29, 1.82) is 0 Å². The summed E-state index contributed by atoms with van der Waals surface area (Å²) >= 11 is 0. The summed E-state index contributed by atoms with van der Waals surface area (Å²) in [6.07, 6.45) is 2.75. The Morgan fingerprint density at radius 2 is 2.11 bits per heavy atom. The molecule has 1 aromatic rings. The highest BCUT2D eigenvalue weighted by Crippen LogP contribution is 2.40. The summed E-state index contributed by atoms with van der Waals surface area (Å²) < 4.78 is 17.8. The van der Waals surface area contributed by atoms with E-state index in [9.17, 15) is 9.18 Å². The largest absolute Gasteiger partial charge is 0.466 e. The Balaban J connectivity index is 1.86. The van der Waals surface area contributed by atoms with Crippen LogP contribution in [0.5, 0.6) is 0 Å². The Hall–Kier alpha value is -1.42. The molecular weight excluding hydrogens is 245 g/mol. The van der Waals surface area contributed by atoms with Gasteiger partial charge in [-0.25, -0.2) is 4.39 Å². The van der Waals surface area contributed by atoms with Crippen LogP contribution < -0.4 is 5.32 Å². The van der Waals surface area contributed by atoms with Crippen molar-refractivity contribution in [3.63, 3.8) is 0 Å². The van der Waals surface area contributed by atoms with Gasteiger partial charge in [0.25, 0.3) is 0 Å². The standard InChI is InChI=1S/C15H20FNO2/c1-2-19-14(18)9-10-17-15(11-3-4-11)12-5-7-13(16)8-6-12/h5-8,11,15,17H,2-4,9-10H2,1H3. The van der Waals surface area contributed by atoms with Crippen molar-refractivity contribution in [2.45, 2.75) is 32.2 Å². The summed E-state index contributed by atoms with van der Waals surface area (Å²) in [5, 5.41) is 3.38. The first-order valence-corrected chi connectivity index (χ1v) is 6.85. The number of ether oxygens (including phenoxy) is 1. The molecule has 0 spiro atoms. The van der Waals surface area contributed by atoms with Gasteiger partial charge in [0.2, 0.25) is 0 Å². The van der Waals surface area contributed by atoms with E-state index in [2.05, 4.69) is 5.32 Å². The van der Waals surface area contributed by atoms with Crippen molar-refractivity contribution in [2.24, 2.45) is 5.92 Å². The molecule has 1 aromatic carbocycles. The molecule has 104 valence electrons. The first-order valence-electron chi connectivity index (χ1n) is 6.85. The summed E-state index contributed by atoms with van der Waals surface area (Å²) in [6, 6.07) is 6.82. The Bertz CT molecular complexity index is 415. The molecule has 1 aliphatic rings. The third-order valence-corrected chi connectivity index (χ3v) is 3.32. The molecule has 0 bridgehead atoms. The van der Waals surface area contributed by atoms with Crippen molar-refractivity contribution in [3.05, 3.63) is 35.6 Å². The number of hydrogen-bond acceptors (Lipinski definition) is 3. The molecule has 0 amide bonds. The van der Waals surface area contributed by atoms with E-state index in [0.717, 1.165) is 5.56 Å². The molecule has 3 nitrogen and oxygen atoms in total. The van der Waals surface area contributed by atoms with Crippen LogP contribution in [0, 0.1) is 11.7 Å². The van der Waals surface area contributed by atoms with Crippen LogP contribution in [0.2, 0.25) is 0 Å². The second-order valence-corrected chi connectivity index (χ2v) is 4.88. The Morgan fingerprint density at radius 3 is 2.68 bits per heavy atom. The van der Waals surface area contributed by atoms with Gasteiger partial charge >= 0.3 is 5.97 Å². The van der Waals surface area contributed by atoms with Crippen LogP contribution in [0.3, 0.4) is 0 Å². The van der Waals surface area contributed by atoms with Crippen LogP contribution in [0.1, 0.15) is 37.8 Å². The average molecular weight is 265 g/mol. The van der Waals surface area contributed by atoms with E-state index < -0.39 is 0 Å². The normalized spacial score (nSPS) is 16.1. The third kappa shape index (κ3) is 4.31. The zero-order valence-electron chi connectivity index (χ0n) is 11.2. The van der Waals surface area contributed by atoms with Crippen LogP contribution in [0.4, 0.5) is 4.39 Å². The lowest BCUT2D eigenvalue weighted by atomic mass is 10.0. The second kappa shape index (κ2) is 6.66. The molecule has 1 aliphatic carbocycles. The van der Waals surface area contributed by atoms with Gasteiger partial charge in [-0.3, -0.25) is 4.79 Å². The van der Waals surface area contributed by atoms with E-state index >= 15 is 0 Å². The minimum absolute atomic E-state index is 0.177. The van der Waals surface area contributed by atoms with Gasteiger partial charge < -0.3 is 10.1 Å². The van der Waals surface area contributed by atoms with E-state index in [1.54, 1.807) is 6.92 Å². The van der Waals surface area contributed by atoms with Crippen molar-refractivity contribution >= 4 is 5.97 Å². The molecule has 0 radical (unpaired) electrons. The van der Waals surface area contributed by atoms with Gasteiger partial charge in [0.15, 0.2) is 0 Å². The van der Waals surface area contributed by atoms with E-state index in [1.807, 2.05) is 12.1 Å². The summed E-state index contributed by atoms with van der Waals surface area (Å²) in [4.78, 5) is 11.3. The molecule has 1 atom stereocenters. The van der Waals surface area contributed by atoms with Gasteiger partial charge in [-0.15, -0.1) is 0 Å². The number of benzene rings is 1. The Kier molecular flexibility index (Phi) is 4.91. The lowest BCUT2D eigenvalue weighted by Crippen LogP contribution is -2.26. The molecule has 1 saturated carbocycles. The number of nitrogens with one attached hydrogen (secondary N) is 1. The molecular formula is C15H20FNO2. The Labute approximate surface area is 113 Å². The molecule has 0 heterocycles. The molecule has 1 N–H and O–H groups in total. The van der Waals surface area contributed by atoms with Crippen LogP contribution in [0.25, 0.3) is 0 Å². The van der Waals surface area contributed by atoms with E-state index in [1.165, 1.54) is 25.0 Å². The van der Waals surface area contributed by atoms with Crippen molar-refractivity contribution in [3.8, 4) is 0 Å². The maximum Gasteiger partial charge on any atom is 0.307 e. The maximum atomic E-state index is 12.9. The fraction of sp³-hybridized carbons (Fsp3) is 0.533. The molecule has 2 rings (SSSR count). The highest BCUT2D eigenvalue weighted by molar-refractivity contribution is 5.69. The fourth-order valence-electron chi connectivity index (χ4n) is 2.22. The van der Waals surface area contributed by atoms with Crippen molar-refractivity contribution in [2.75, 3.05) is 13.2 Å². The summed E-state index contributed by atoms with van der Waals surface area (Å²) in [7, 11) is 0. The topological polar surface area (TPSA) is 38.3 Å². The number of halogens is 1. The minimum Gasteiger partial charge on any atom is -0.466 e. The molecule has 19 heavy (non-hydrogen) atoms. The van der Waals surface area contributed by atoms with Crippen LogP contribution in [-0.2, 0) is 9.53 Å². The van der Waals surface area contributed by atoms with Crippen LogP contribution >= 0.6 is 0 Å². The van der Waals surface area contributed by atoms with E-state index in [-0.39, 0.29) is 17.8 Å². The number of esters is 1. The quantitative estimate of drug-likeness (QED) is 0.770. The van der Waals surface area contributed by atoms with Gasteiger partial charge in [-0.1, -0.05) is 12.1 Å². The van der Waals surface area contributed by atoms with Crippen LogP contribution in [0.15, 0.2) is 24.3 Å². The van der Waals surface area contributed by atoms with Crippen molar-refractivity contribution in [1.82, 2.24) is 5.32 Å². The van der Waals surface area contributed by atoms with E-state index in [4.69, 9.17) is 4.74 Å². The van der Waals surface area contributed by atoms with Gasteiger partial charge in [-0.05, 0) is 43.4 Å². The lowest BCUT2D eigenvalue weighted by Gasteiger charge is -2.18. The predicted molar refractivity (Wildman–Crippen MR) is 71.1 cm³/mol. The highest BCUT2D eigenvalue weighted by atomic mass is 19.1. The minimum atomic E-state index is -0.218. The number of carbonyl (C=O) groups is 1. The first kappa shape index (κ1) is 14.0. The van der Waals surface area contributed by atoms with E-state index in [0.29, 0.717) is 25.5 Å². The third-order valence-electron chi connectivity index (χ3n) is 3.32. The summed E-state index contributed by atoms with van der Waals surface area (Å²) in [5.74, 6) is 0.209. The number of carbonyl (C=O) groups excluding carboxylic acids is 1. The zero-order chi connectivity index (χ0) is 13.7. The molecule has 4 heteroatoms. The molecule has 0 aliphatic heterocycles. The molecule has 0 aromatic heterocycles. The van der Waals surface area contributed by atoms with Gasteiger partial charge in [-0.2, -0.15) is 0 Å². The van der Waals surface area contributed by atoms with Crippen molar-refractivity contribution < 1.29 is 13.9 Å². The number of rotatable bonds is 7. The van der Waals surface area contributed by atoms with Gasteiger partial charge in [0.1, 0.15) is 5.82 Å². The smallest absolute Gasteiger partial charge is 0.307 e. The predicted octanol–water partition coefficient (Wildman–Crippen LogP) is 2.82. The summed E-state index contributed by atoms with van der Waals surface area (Å²) in [5.41, 5.74) is 1.09. The fourth-order valence-corrected chi connectivity index (χ4v) is 2.22. The second-order valence-electron chi connectivity index (χ2n) is 4.88. The highest BCUT2D eigenvalue weighted by Gasteiger charge is 2.31. The molecule has 1 unspecified atom stereocenters. The monoisotopic (exact) mass is 265 g/mol. The van der Waals surface area contributed by atoms with Gasteiger partial charge in [0, 0.05) is 12.6 Å². The lowest BCUT2D eigenvalue weighted by molar-refractivity contribution is -0.143. The molecule has 1 fully saturated rings. The van der Waals surface area contributed by atoms with Gasteiger partial charge in [0.05, 0.1) is 13.0 Å². The number of hydrogen-bond donors (Lipinski definition) is 1. The molecule has 0 saturated heterocycles. The summed E-state index contributed by atoms with van der Waals surface area (Å²) in [6.45, 7) is 2.82. The first-order chi connectivity index (χ1) is 9.20. The maximum absolute atomic E-state index is 12.9. The zero-order valence-corrected chi connectivity index (χ0v) is 11.2. The Morgan fingerprint density at radius 1 is 1.42 bits per heavy atom. The SMILES string of the molecule is CCOC(=O)CCNC(c1ccc(F)cc1)C1CC1. The average Bonchev–Trinajstić information content (AvgIpc) is 3.21.